The second-order valence-electron chi connectivity index (χ2n) is 4.37. The minimum Gasteiger partial charge on any atom is -0.316 e. The van der Waals surface area contributed by atoms with Crippen molar-refractivity contribution in [2.75, 3.05) is 0 Å². The summed E-state index contributed by atoms with van der Waals surface area (Å²) < 4.78 is 1.92. The van der Waals surface area contributed by atoms with Crippen LogP contribution in [0.25, 0.3) is 6.08 Å². The number of hydrogen-bond donors (Lipinski definition) is 0. The highest BCUT2D eigenvalue weighted by Crippen LogP contribution is 2.23. The summed E-state index contributed by atoms with van der Waals surface area (Å²) in [4.78, 5) is 14.0. The van der Waals surface area contributed by atoms with E-state index in [0.29, 0.717) is 6.01 Å². The Balaban J connectivity index is 1.81. The Labute approximate surface area is 111 Å². The third kappa shape index (κ3) is 2.14. The lowest BCUT2D eigenvalue weighted by molar-refractivity contribution is 0.301. The first-order chi connectivity index (χ1) is 9.25. The molecule has 3 rings (SSSR count). The number of aromatic nitrogens is 3. The van der Waals surface area contributed by atoms with Crippen LogP contribution in [-0.2, 0) is 13.5 Å². The first kappa shape index (κ1) is 11.6. The Kier molecular flexibility index (Phi) is 2.87. The van der Waals surface area contributed by atoms with E-state index < -0.39 is 0 Å². The molecule has 2 aromatic heterocycles. The third-order valence-electron chi connectivity index (χ3n) is 3.09. The molecule has 0 spiro atoms. The second kappa shape index (κ2) is 4.68. The van der Waals surface area contributed by atoms with Gasteiger partial charge in [0.25, 0.3) is 0 Å². The molecule has 5 nitrogen and oxygen atoms in total. The van der Waals surface area contributed by atoms with Gasteiger partial charge in [-0.05, 0) is 25.1 Å². The van der Waals surface area contributed by atoms with Crippen LogP contribution < -0.4 is 4.84 Å². The molecule has 0 aliphatic heterocycles. The Morgan fingerprint density at radius 1 is 1.42 bits per heavy atom. The van der Waals surface area contributed by atoms with Gasteiger partial charge in [-0.25, -0.2) is 0 Å². The van der Waals surface area contributed by atoms with E-state index in [1.54, 1.807) is 6.20 Å². The minimum atomic E-state index is 0.504. The number of hydrogen-bond acceptors (Lipinski definition) is 4. The van der Waals surface area contributed by atoms with Crippen molar-refractivity contribution in [3.63, 3.8) is 0 Å². The second-order valence-corrected chi connectivity index (χ2v) is 4.37. The molecule has 1 aliphatic carbocycles. The molecule has 19 heavy (non-hydrogen) atoms. The number of fused-ring (bicyclic) bond motifs is 1. The van der Waals surface area contributed by atoms with Crippen molar-refractivity contribution in [2.24, 2.45) is 12.2 Å². The average Bonchev–Trinajstić information content (AvgIpc) is 3.01. The van der Waals surface area contributed by atoms with E-state index in [9.17, 15) is 0 Å². The van der Waals surface area contributed by atoms with Crippen LogP contribution in [0.4, 0.5) is 0 Å². The standard InChI is InChI=1S/C14H14N4O/c1-10(11-6-3-4-9-15-11)17-19-14-16-12-7-5-8-13(12)18(14)2/h3-7,9H,8H2,1-2H3/b17-10+. The molecule has 0 saturated carbocycles. The summed E-state index contributed by atoms with van der Waals surface area (Å²) in [5.41, 5.74) is 3.63. The fraction of sp³-hybridized carbons (Fsp3) is 0.214. The first-order valence-electron chi connectivity index (χ1n) is 6.11. The van der Waals surface area contributed by atoms with Crippen molar-refractivity contribution < 1.29 is 4.84 Å². The quantitative estimate of drug-likeness (QED) is 0.623. The highest BCUT2D eigenvalue weighted by molar-refractivity contribution is 5.96. The van der Waals surface area contributed by atoms with E-state index in [-0.39, 0.29) is 0 Å². The van der Waals surface area contributed by atoms with Crippen molar-refractivity contribution >= 4 is 11.8 Å². The predicted octanol–water partition coefficient (Wildman–Crippen LogP) is 2.19. The largest absolute Gasteiger partial charge is 0.326 e. The van der Waals surface area contributed by atoms with Gasteiger partial charge in [-0.1, -0.05) is 17.3 Å². The van der Waals surface area contributed by atoms with Gasteiger partial charge >= 0.3 is 6.01 Å². The SMILES string of the molecule is C/C(=N\Oc1nc2c(n1C)CC=C2)c1ccccn1. The van der Waals surface area contributed by atoms with Crippen LogP contribution in [0.15, 0.2) is 35.6 Å². The van der Waals surface area contributed by atoms with Gasteiger partial charge in [0.1, 0.15) is 5.71 Å². The van der Waals surface area contributed by atoms with E-state index in [0.717, 1.165) is 29.2 Å². The lowest BCUT2D eigenvalue weighted by Gasteiger charge is -2.02. The van der Waals surface area contributed by atoms with Crippen molar-refractivity contribution in [3.8, 4) is 6.01 Å². The van der Waals surface area contributed by atoms with E-state index in [1.165, 1.54) is 0 Å². The molecule has 96 valence electrons. The number of rotatable bonds is 3. The van der Waals surface area contributed by atoms with Gasteiger partial charge in [0.2, 0.25) is 0 Å². The van der Waals surface area contributed by atoms with Gasteiger partial charge in [0.15, 0.2) is 0 Å². The number of imidazole rings is 1. The zero-order chi connectivity index (χ0) is 13.2. The number of pyridine rings is 1. The van der Waals surface area contributed by atoms with Crippen LogP contribution in [0.5, 0.6) is 6.01 Å². The third-order valence-corrected chi connectivity index (χ3v) is 3.09. The van der Waals surface area contributed by atoms with Gasteiger partial charge in [0, 0.05) is 19.7 Å². The van der Waals surface area contributed by atoms with Gasteiger partial charge in [-0.3, -0.25) is 9.55 Å². The Morgan fingerprint density at radius 2 is 2.32 bits per heavy atom. The minimum absolute atomic E-state index is 0.504. The average molecular weight is 254 g/mol. The lowest BCUT2D eigenvalue weighted by atomic mass is 10.3. The molecule has 0 atom stereocenters. The molecule has 0 fully saturated rings. The molecule has 0 amide bonds. The maximum atomic E-state index is 5.42. The Morgan fingerprint density at radius 3 is 3.05 bits per heavy atom. The van der Waals surface area contributed by atoms with Gasteiger partial charge in [-0.15, -0.1) is 0 Å². The molecule has 0 saturated heterocycles. The summed E-state index contributed by atoms with van der Waals surface area (Å²) in [7, 11) is 1.93. The number of allylic oxidation sites excluding steroid dienone is 1. The fourth-order valence-electron chi connectivity index (χ4n) is 2.00. The van der Waals surface area contributed by atoms with Crippen LogP contribution >= 0.6 is 0 Å². The Bertz CT molecular complexity index is 656. The lowest BCUT2D eigenvalue weighted by Crippen LogP contribution is -2.03. The zero-order valence-electron chi connectivity index (χ0n) is 10.9. The zero-order valence-corrected chi connectivity index (χ0v) is 10.9. The van der Waals surface area contributed by atoms with Crippen molar-refractivity contribution in [3.05, 3.63) is 47.6 Å². The smallest absolute Gasteiger partial charge is 0.316 e. The molecule has 1 aliphatic rings. The van der Waals surface area contributed by atoms with Gasteiger partial charge < -0.3 is 4.84 Å². The van der Waals surface area contributed by atoms with E-state index >= 15 is 0 Å². The summed E-state index contributed by atoms with van der Waals surface area (Å²) in [5, 5.41) is 4.09. The Hall–Kier alpha value is -2.43. The number of nitrogens with zero attached hydrogens (tertiary/aromatic N) is 4. The topological polar surface area (TPSA) is 52.3 Å². The van der Waals surface area contributed by atoms with E-state index in [2.05, 4.69) is 21.2 Å². The predicted molar refractivity (Wildman–Crippen MR) is 73.0 cm³/mol. The number of oxime groups is 1. The van der Waals surface area contributed by atoms with Crippen LogP contribution in [0.2, 0.25) is 0 Å². The summed E-state index contributed by atoms with van der Waals surface area (Å²) in [6, 6.07) is 6.18. The molecule has 0 radical (unpaired) electrons. The van der Waals surface area contributed by atoms with Crippen LogP contribution in [0, 0.1) is 0 Å². The molecule has 2 aromatic rings. The van der Waals surface area contributed by atoms with Gasteiger partial charge in [0.05, 0.1) is 17.1 Å². The van der Waals surface area contributed by atoms with E-state index in [1.807, 2.05) is 42.8 Å². The molecular formula is C14H14N4O. The highest BCUT2D eigenvalue weighted by Gasteiger charge is 2.16. The molecule has 0 bridgehead atoms. The maximum Gasteiger partial charge on any atom is 0.326 e. The van der Waals surface area contributed by atoms with Crippen LogP contribution in [-0.4, -0.2) is 20.2 Å². The fourth-order valence-corrected chi connectivity index (χ4v) is 2.00. The van der Waals surface area contributed by atoms with Crippen molar-refractivity contribution in [1.82, 2.24) is 14.5 Å². The van der Waals surface area contributed by atoms with Crippen LogP contribution in [0.1, 0.15) is 24.0 Å². The molecule has 0 unspecified atom stereocenters. The van der Waals surface area contributed by atoms with Crippen molar-refractivity contribution in [2.45, 2.75) is 13.3 Å². The summed E-state index contributed by atoms with van der Waals surface area (Å²) >= 11 is 0. The van der Waals surface area contributed by atoms with Crippen molar-refractivity contribution in [1.29, 1.82) is 0 Å². The summed E-state index contributed by atoms with van der Waals surface area (Å²) in [5.74, 6) is 0. The molecule has 2 heterocycles. The monoisotopic (exact) mass is 254 g/mol. The molecule has 0 N–H and O–H groups in total. The van der Waals surface area contributed by atoms with Crippen LogP contribution in [0.3, 0.4) is 0 Å². The maximum absolute atomic E-state index is 5.42. The van der Waals surface area contributed by atoms with Gasteiger partial charge in [-0.2, -0.15) is 4.98 Å². The first-order valence-corrected chi connectivity index (χ1v) is 6.11. The molecular weight excluding hydrogens is 240 g/mol. The normalized spacial score (nSPS) is 13.7. The van der Waals surface area contributed by atoms with E-state index in [4.69, 9.17) is 4.84 Å². The summed E-state index contributed by atoms with van der Waals surface area (Å²) in [6.45, 7) is 1.86. The summed E-state index contributed by atoms with van der Waals surface area (Å²) in [6.07, 6.45) is 6.71. The highest BCUT2D eigenvalue weighted by atomic mass is 16.6. The molecule has 0 aromatic carbocycles. The molecule has 5 heteroatoms.